The molecule has 0 bridgehead atoms. The van der Waals surface area contributed by atoms with E-state index in [0.29, 0.717) is 32.9 Å². The summed E-state index contributed by atoms with van der Waals surface area (Å²) in [7, 11) is 0. The largest absolute Gasteiger partial charge is 0.489 e. The van der Waals surface area contributed by atoms with Crippen molar-refractivity contribution in [3.05, 3.63) is 104 Å². The number of nitrogens with zero attached hydrogens (tertiary/aromatic N) is 1. The second-order valence-electron chi connectivity index (χ2n) is 7.42. The molecule has 4 rings (SSSR count). The summed E-state index contributed by atoms with van der Waals surface area (Å²) in [4.78, 5) is 25.7. The van der Waals surface area contributed by atoms with Crippen molar-refractivity contribution in [1.82, 2.24) is 10.4 Å². The van der Waals surface area contributed by atoms with Crippen molar-refractivity contribution < 1.29 is 14.3 Å². The standard InChI is InChI=1S/C25H18Cl2N2O3S2/c1-15-2-6-17(7-3-15)23(30)28-29-24(31)22(34-25(29)33)12-16-4-10-20(11-5-16)32-14-18-8-9-19(26)13-21(18)27/h2-13H,14H2,1H3,(H,28,30)/b22-12-. The fourth-order valence-electron chi connectivity index (χ4n) is 3.05. The van der Waals surface area contributed by atoms with Crippen LogP contribution in [0.15, 0.2) is 71.6 Å². The molecule has 2 amide bonds. The molecule has 0 radical (unpaired) electrons. The van der Waals surface area contributed by atoms with E-state index in [0.717, 1.165) is 33.5 Å². The third kappa shape index (κ3) is 5.80. The van der Waals surface area contributed by atoms with Gasteiger partial charge in [0, 0.05) is 21.2 Å². The molecule has 1 N–H and O–H groups in total. The maximum atomic E-state index is 12.8. The third-order valence-corrected chi connectivity index (χ3v) is 6.80. The fourth-order valence-corrected chi connectivity index (χ4v) is 4.69. The van der Waals surface area contributed by atoms with Gasteiger partial charge in [-0.05, 0) is 67.2 Å². The molecule has 3 aromatic carbocycles. The maximum Gasteiger partial charge on any atom is 0.285 e. The van der Waals surface area contributed by atoms with Gasteiger partial charge in [-0.25, -0.2) is 0 Å². The first-order chi connectivity index (χ1) is 16.3. The van der Waals surface area contributed by atoms with Crippen LogP contribution >= 0.6 is 47.2 Å². The van der Waals surface area contributed by atoms with Crippen molar-refractivity contribution in [2.75, 3.05) is 0 Å². The van der Waals surface area contributed by atoms with E-state index in [4.69, 9.17) is 40.2 Å². The molecule has 5 nitrogen and oxygen atoms in total. The Morgan fingerprint density at radius 1 is 1.09 bits per heavy atom. The summed E-state index contributed by atoms with van der Waals surface area (Å²) in [6, 6.07) is 19.6. The van der Waals surface area contributed by atoms with Gasteiger partial charge < -0.3 is 4.74 Å². The van der Waals surface area contributed by atoms with Gasteiger partial charge in [-0.3, -0.25) is 15.0 Å². The second kappa shape index (κ2) is 10.6. The van der Waals surface area contributed by atoms with Crippen molar-refractivity contribution in [3.63, 3.8) is 0 Å². The highest BCUT2D eigenvalue weighted by molar-refractivity contribution is 8.26. The van der Waals surface area contributed by atoms with Crippen LogP contribution in [0, 0.1) is 6.92 Å². The zero-order valence-corrected chi connectivity index (χ0v) is 21.0. The zero-order valence-electron chi connectivity index (χ0n) is 17.9. The summed E-state index contributed by atoms with van der Waals surface area (Å²) >= 11 is 18.5. The van der Waals surface area contributed by atoms with Gasteiger partial charge in [-0.2, -0.15) is 5.01 Å². The van der Waals surface area contributed by atoms with Crippen LogP contribution in [0.1, 0.15) is 27.0 Å². The minimum absolute atomic E-state index is 0.261. The van der Waals surface area contributed by atoms with Gasteiger partial charge in [-0.15, -0.1) is 0 Å². The first-order valence-corrected chi connectivity index (χ1v) is 12.1. The summed E-state index contributed by atoms with van der Waals surface area (Å²) < 4.78 is 6.05. The first-order valence-electron chi connectivity index (χ1n) is 10.1. The number of hydrazine groups is 1. The average Bonchev–Trinajstić information content (AvgIpc) is 3.07. The quantitative estimate of drug-likeness (QED) is 0.295. The zero-order chi connectivity index (χ0) is 24.2. The Morgan fingerprint density at radius 3 is 2.47 bits per heavy atom. The van der Waals surface area contributed by atoms with Gasteiger partial charge >= 0.3 is 0 Å². The Balaban J connectivity index is 1.39. The Kier molecular flexibility index (Phi) is 7.58. The number of thioether (sulfide) groups is 1. The minimum Gasteiger partial charge on any atom is -0.489 e. The number of rotatable bonds is 6. The Bertz CT molecular complexity index is 1290. The summed E-state index contributed by atoms with van der Waals surface area (Å²) in [6.45, 7) is 2.23. The van der Waals surface area contributed by atoms with E-state index in [2.05, 4.69) is 5.43 Å². The lowest BCUT2D eigenvalue weighted by atomic mass is 10.1. The second-order valence-corrected chi connectivity index (χ2v) is 9.94. The van der Waals surface area contributed by atoms with Gasteiger partial charge in [0.2, 0.25) is 0 Å². The summed E-state index contributed by atoms with van der Waals surface area (Å²) in [5.41, 5.74) is 5.68. The predicted molar refractivity (Wildman–Crippen MR) is 141 cm³/mol. The smallest absolute Gasteiger partial charge is 0.285 e. The molecular formula is C25H18Cl2N2O3S2. The maximum absolute atomic E-state index is 12.8. The molecule has 0 aromatic heterocycles. The van der Waals surface area contributed by atoms with Crippen molar-refractivity contribution in [1.29, 1.82) is 0 Å². The van der Waals surface area contributed by atoms with Gasteiger partial charge in [0.05, 0.1) is 4.91 Å². The van der Waals surface area contributed by atoms with Crippen LogP contribution in [-0.4, -0.2) is 21.1 Å². The molecule has 1 fully saturated rings. The van der Waals surface area contributed by atoms with Gasteiger partial charge in [0.25, 0.3) is 11.8 Å². The highest BCUT2D eigenvalue weighted by atomic mass is 35.5. The van der Waals surface area contributed by atoms with Gasteiger partial charge in [-0.1, -0.05) is 70.9 Å². The van der Waals surface area contributed by atoms with E-state index in [1.54, 1.807) is 42.5 Å². The normalized spacial score (nSPS) is 14.6. The fraction of sp³-hybridized carbons (Fsp3) is 0.0800. The van der Waals surface area contributed by atoms with E-state index in [9.17, 15) is 9.59 Å². The first kappa shape index (κ1) is 24.3. The van der Waals surface area contributed by atoms with Crippen molar-refractivity contribution >= 4 is 69.4 Å². The SMILES string of the molecule is Cc1ccc(C(=O)NN2C(=O)/C(=C/c3ccc(OCc4ccc(Cl)cc4Cl)cc3)SC2=S)cc1. The van der Waals surface area contributed by atoms with Crippen LogP contribution in [0.2, 0.25) is 10.0 Å². The molecule has 0 spiro atoms. The number of hydrogen-bond donors (Lipinski definition) is 1. The Labute approximate surface area is 216 Å². The predicted octanol–water partition coefficient (Wildman–Crippen LogP) is 6.43. The van der Waals surface area contributed by atoms with Gasteiger partial charge in [0.15, 0.2) is 4.32 Å². The van der Waals surface area contributed by atoms with Crippen LogP contribution in [0.3, 0.4) is 0 Å². The lowest BCUT2D eigenvalue weighted by Gasteiger charge is -2.15. The number of ether oxygens (including phenoxy) is 1. The molecule has 0 aliphatic carbocycles. The molecule has 34 heavy (non-hydrogen) atoms. The number of hydrogen-bond acceptors (Lipinski definition) is 5. The molecule has 3 aromatic rings. The van der Waals surface area contributed by atoms with Crippen LogP contribution in [0.5, 0.6) is 5.75 Å². The summed E-state index contributed by atoms with van der Waals surface area (Å²) in [6.07, 6.45) is 1.72. The number of thiocarbonyl (C=S) groups is 1. The van der Waals surface area contributed by atoms with Crippen molar-refractivity contribution in [2.24, 2.45) is 0 Å². The highest BCUT2D eigenvalue weighted by Crippen LogP contribution is 2.32. The molecule has 1 aliphatic heterocycles. The molecule has 0 unspecified atom stereocenters. The third-order valence-electron chi connectivity index (χ3n) is 4.91. The summed E-state index contributed by atoms with van der Waals surface area (Å²) in [5, 5.41) is 2.21. The number of benzene rings is 3. The van der Waals surface area contributed by atoms with Crippen molar-refractivity contribution in [3.8, 4) is 5.75 Å². The number of carbonyl (C=O) groups is 2. The number of nitrogens with one attached hydrogen (secondary N) is 1. The lowest BCUT2D eigenvalue weighted by Crippen LogP contribution is -2.44. The number of halogens is 2. The molecule has 0 atom stereocenters. The number of carbonyl (C=O) groups excluding carboxylic acids is 2. The van der Waals surface area contributed by atoms with Gasteiger partial charge in [0.1, 0.15) is 12.4 Å². The Hall–Kier alpha value is -2.84. The van der Waals surface area contributed by atoms with Crippen LogP contribution in [0.25, 0.3) is 6.08 Å². The number of amides is 2. The molecule has 172 valence electrons. The van der Waals surface area contributed by atoms with E-state index in [-0.39, 0.29) is 10.2 Å². The molecule has 1 aliphatic rings. The molecule has 9 heteroatoms. The van der Waals surface area contributed by atoms with E-state index in [1.165, 1.54) is 0 Å². The monoisotopic (exact) mass is 528 g/mol. The van der Waals surface area contributed by atoms with E-state index < -0.39 is 5.91 Å². The molecular weight excluding hydrogens is 511 g/mol. The lowest BCUT2D eigenvalue weighted by molar-refractivity contribution is -0.123. The van der Waals surface area contributed by atoms with E-state index in [1.807, 2.05) is 37.3 Å². The van der Waals surface area contributed by atoms with Crippen LogP contribution in [0.4, 0.5) is 0 Å². The average molecular weight is 529 g/mol. The Morgan fingerprint density at radius 2 is 1.79 bits per heavy atom. The molecule has 1 heterocycles. The minimum atomic E-state index is -0.403. The topological polar surface area (TPSA) is 58.6 Å². The van der Waals surface area contributed by atoms with E-state index >= 15 is 0 Å². The molecule has 1 saturated heterocycles. The van der Waals surface area contributed by atoms with Crippen molar-refractivity contribution in [2.45, 2.75) is 13.5 Å². The molecule has 0 saturated carbocycles. The number of aryl methyl sites for hydroxylation is 1. The van der Waals surface area contributed by atoms with Crippen LogP contribution < -0.4 is 10.2 Å². The van der Waals surface area contributed by atoms with Crippen LogP contribution in [-0.2, 0) is 11.4 Å². The summed E-state index contributed by atoms with van der Waals surface area (Å²) in [5.74, 6) is -0.130. The highest BCUT2D eigenvalue weighted by Gasteiger charge is 2.33.